The fraction of sp³-hybridized carbons (Fsp3) is 0.550. The Morgan fingerprint density at radius 2 is 2.07 bits per heavy atom. The quantitative estimate of drug-likeness (QED) is 0.411. The van der Waals surface area contributed by atoms with Crippen molar-refractivity contribution in [3.05, 3.63) is 30.9 Å². The van der Waals surface area contributed by atoms with Gasteiger partial charge in [0.1, 0.15) is 12.4 Å². The van der Waals surface area contributed by atoms with Crippen LogP contribution in [0.5, 0.6) is 0 Å². The molecule has 28 heavy (non-hydrogen) atoms. The average molecular weight is 402 g/mol. The number of aliphatic hydroxyl groups excluding tert-OH is 1. The summed E-state index contributed by atoms with van der Waals surface area (Å²) in [6.45, 7) is 10.6. The lowest BCUT2D eigenvalue weighted by atomic mass is 10.2. The zero-order chi connectivity index (χ0) is 20.1. The lowest BCUT2D eigenvalue weighted by molar-refractivity contribution is 0.0899. The van der Waals surface area contributed by atoms with E-state index in [2.05, 4.69) is 36.6 Å². The first-order valence-electron chi connectivity index (χ1n) is 9.96. The SMILES string of the molecule is CCC(CCO)n1cc(-c2ncc3ccn(COCC[Si](C)(C)C)c3n2)cn1. The molecule has 0 bridgehead atoms. The van der Waals surface area contributed by atoms with Crippen molar-refractivity contribution >= 4 is 19.1 Å². The molecule has 0 aliphatic carbocycles. The van der Waals surface area contributed by atoms with Gasteiger partial charge in [-0.05, 0) is 25.0 Å². The van der Waals surface area contributed by atoms with Crippen molar-refractivity contribution < 1.29 is 9.84 Å². The lowest BCUT2D eigenvalue weighted by Crippen LogP contribution is -2.22. The number of aromatic nitrogens is 5. The molecule has 0 amide bonds. The highest BCUT2D eigenvalue weighted by Gasteiger charge is 2.14. The van der Waals surface area contributed by atoms with E-state index >= 15 is 0 Å². The van der Waals surface area contributed by atoms with Gasteiger partial charge < -0.3 is 14.4 Å². The van der Waals surface area contributed by atoms with Crippen molar-refractivity contribution in [2.24, 2.45) is 0 Å². The van der Waals surface area contributed by atoms with Crippen LogP contribution in [0.15, 0.2) is 30.9 Å². The maximum atomic E-state index is 9.23. The van der Waals surface area contributed by atoms with E-state index in [1.54, 1.807) is 6.20 Å². The van der Waals surface area contributed by atoms with Crippen molar-refractivity contribution in [2.75, 3.05) is 13.2 Å². The van der Waals surface area contributed by atoms with Gasteiger partial charge in [-0.2, -0.15) is 5.10 Å². The summed E-state index contributed by atoms with van der Waals surface area (Å²) in [5.41, 5.74) is 1.75. The van der Waals surface area contributed by atoms with Crippen LogP contribution in [0.3, 0.4) is 0 Å². The molecule has 0 saturated heterocycles. The number of fused-ring (bicyclic) bond motifs is 1. The fourth-order valence-electron chi connectivity index (χ4n) is 3.08. The fourth-order valence-corrected chi connectivity index (χ4v) is 3.84. The van der Waals surface area contributed by atoms with Crippen LogP contribution >= 0.6 is 0 Å². The topological polar surface area (TPSA) is 78.0 Å². The molecule has 152 valence electrons. The standard InChI is InChI=1S/C20H31N5O2Si/c1-5-18(7-9-26)25-14-17(13-22-25)19-21-12-16-6-8-24(20(16)23-19)15-27-10-11-28(2,3)4/h6,8,12-14,18,26H,5,7,9-11,15H2,1-4H3. The van der Waals surface area contributed by atoms with Gasteiger partial charge in [-0.3, -0.25) is 4.68 Å². The zero-order valence-corrected chi connectivity index (χ0v) is 18.3. The third kappa shape index (κ3) is 5.06. The summed E-state index contributed by atoms with van der Waals surface area (Å²) < 4.78 is 9.81. The predicted molar refractivity (Wildman–Crippen MR) is 114 cm³/mol. The minimum Gasteiger partial charge on any atom is -0.396 e. The monoisotopic (exact) mass is 401 g/mol. The summed E-state index contributed by atoms with van der Waals surface area (Å²) in [7, 11) is -1.09. The van der Waals surface area contributed by atoms with Gasteiger partial charge in [0.2, 0.25) is 0 Å². The van der Waals surface area contributed by atoms with E-state index in [4.69, 9.17) is 9.72 Å². The van der Waals surface area contributed by atoms with Gasteiger partial charge in [0.25, 0.3) is 0 Å². The van der Waals surface area contributed by atoms with E-state index < -0.39 is 8.07 Å². The Labute approximate surface area is 167 Å². The maximum absolute atomic E-state index is 9.23. The molecule has 3 rings (SSSR count). The molecule has 0 spiro atoms. The molecule has 3 heterocycles. The highest BCUT2D eigenvalue weighted by atomic mass is 28.3. The number of ether oxygens (including phenoxy) is 1. The number of nitrogens with zero attached hydrogens (tertiary/aromatic N) is 5. The third-order valence-electron chi connectivity index (χ3n) is 4.90. The Bertz CT molecular complexity index is 900. The molecule has 3 aromatic rings. The summed E-state index contributed by atoms with van der Waals surface area (Å²) in [4.78, 5) is 9.26. The summed E-state index contributed by atoms with van der Waals surface area (Å²) in [6.07, 6.45) is 9.20. The van der Waals surface area contributed by atoms with Gasteiger partial charge in [-0.25, -0.2) is 9.97 Å². The largest absolute Gasteiger partial charge is 0.396 e. The molecule has 0 fully saturated rings. The van der Waals surface area contributed by atoms with E-state index in [1.807, 2.05) is 33.9 Å². The van der Waals surface area contributed by atoms with E-state index in [9.17, 15) is 5.11 Å². The smallest absolute Gasteiger partial charge is 0.164 e. The molecule has 1 atom stereocenters. The Balaban J connectivity index is 1.76. The molecule has 1 unspecified atom stereocenters. The molecule has 0 radical (unpaired) electrons. The normalized spacial score (nSPS) is 13.3. The molecule has 3 aromatic heterocycles. The number of aliphatic hydroxyl groups is 1. The first kappa shape index (κ1) is 20.7. The van der Waals surface area contributed by atoms with Crippen molar-refractivity contribution in [2.45, 2.75) is 58.2 Å². The maximum Gasteiger partial charge on any atom is 0.164 e. The van der Waals surface area contributed by atoms with Crippen LogP contribution in [0.1, 0.15) is 25.8 Å². The summed E-state index contributed by atoms with van der Waals surface area (Å²) >= 11 is 0. The second kappa shape index (κ2) is 8.98. The minimum absolute atomic E-state index is 0.154. The van der Waals surface area contributed by atoms with Crippen LogP contribution in [0.2, 0.25) is 25.7 Å². The van der Waals surface area contributed by atoms with Crippen molar-refractivity contribution in [1.29, 1.82) is 0 Å². The zero-order valence-electron chi connectivity index (χ0n) is 17.3. The Morgan fingerprint density at radius 1 is 1.25 bits per heavy atom. The van der Waals surface area contributed by atoms with Gasteiger partial charge in [-0.1, -0.05) is 26.6 Å². The first-order chi connectivity index (χ1) is 13.4. The lowest BCUT2D eigenvalue weighted by Gasteiger charge is -2.15. The molecular formula is C20H31N5O2Si. The van der Waals surface area contributed by atoms with Crippen molar-refractivity contribution in [3.63, 3.8) is 0 Å². The van der Waals surface area contributed by atoms with Gasteiger partial charge in [0.05, 0.1) is 17.8 Å². The molecule has 8 heteroatoms. The second-order valence-electron chi connectivity index (χ2n) is 8.39. The highest BCUT2D eigenvalue weighted by molar-refractivity contribution is 6.76. The van der Waals surface area contributed by atoms with Gasteiger partial charge in [0, 0.05) is 45.3 Å². The van der Waals surface area contributed by atoms with E-state index in [0.717, 1.165) is 35.7 Å². The van der Waals surface area contributed by atoms with Crippen LogP contribution in [0.25, 0.3) is 22.4 Å². The van der Waals surface area contributed by atoms with E-state index in [1.165, 1.54) is 0 Å². The second-order valence-corrected chi connectivity index (χ2v) is 14.0. The number of hydrogen-bond acceptors (Lipinski definition) is 5. The predicted octanol–water partition coefficient (Wildman–Crippen LogP) is 3.94. The summed E-state index contributed by atoms with van der Waals surface area (Å²) in [5, 5.41) is 14.7. The van der Waals surface area contributed by atoms with E-state index in [0.29, 0.717) is 19.0 Å². The molecule has 7 nitrogen and oxygen atoms in total. The number of hydrogen-bond donors (Lipinski definition) is 1. The number of rotatable bonds is 10. The minimum atomic E-state index is -1.09. The van der Waals surface area contributed by atoms with Crippen LogP contribution in [0, 0.1) is 0 Å². The average Bonchev–Trinajstić information content (AvgIpc) is 3.29. The molecular weight excluding hydrogens is 370 g/mol. The summed E-state index contributed by atoms with van der Waals surface area (Å²) in [6, 6.07) is 3.35. The van der Waals surface area contributed by atoms with Gasteiger partial charge >= 0.3 is 0 Å². The van der Waals surface area contributed by atoms with Crippen LogP contribution in [0.4, 0.5) is 0 Å². The molecule has 0 aliphatic rings. The van der Waals surface area contributed by atoms with Gasteiger partial charge in [-0.15, -0.1) is 0 Å². The molecule has 0 aromatic carbocycles. The van der Waals surface area contributed by atoms with Gasteiger partial charge in [0.15, 0.2) is 5.82 Å². The van der Waals surface area contributed by atoms with Crippen LogP contribution in [-0.4, -0.2) is 50.7 Å². The Kier molecular flexibility index (Phi) is 6.64. The Hall–Kier alpha value is -2.03. The van der Waals surface area contributed by atoms with Crippen molar-refractivity contribution in [1.82, 2.24) is 24.3 Å². The van der Waals surface area contributed by atoms with Crippen LogP contribution in [-0.2, 0) is 11.5 Å². The first-order valence-corrected chi connectivity index (χ1v) is 13.7. The van der Waals surface area contributed by atoms with E-state index in [-0.39, 0.29) is 12.6 Å². The third-order valence-corrected chi connectivity index (χ3v) is 6.60. The Morgan fingerprint density at radius 3 is 2.79 bits per heavy atom. The molecule has 0 aliphatic heterocycles. The highest BCUT2D eigenvalue weighted by Crippen LogP contribution is 2.22. The molecule has 1 N–H and O–H groups in total. The summed E-state index contributed by atoms with van der Waals surface area (Å²) in [5.74, 6) is 0.652. The van der Waals surface area contributed by atoms with Crippen LogP contribution < -0.4 is 0 Å². The molecule has 0 saturated carbocycles. The van der Waals surface area contributed by atoms with Crippen molar-refractivity contribution in [3.8, 4) is 11.4 Å².